The lowest BCUT2D eigenvalue weighted by molar-refractivity contribution is -0.122. The van der Waals surface area contributed by atoms with Gasteiger partial charge in [0, 0.05) is 22.3 Å². The van der Waals surface area contributed by atoms with E-state index in [9.17, 15) is 9.59 Å². The highest BCUT2D eigenvalue weighted by Gasteiger charge is 2.12. The predicted molar refractivity (Wildman–Crippen MR) is 115 cm³/mol. The minimum absolute atomic E-state index is 0.133. The molecular formula is C21H25Cl2N3O2. The number of nitrogens with one attached hydrogen (secondary N) is 2. The maximum Gasteiger partial charge on any atom is 0.238 e. The van der Waals surface area contributed by atoms with Crippen molar-refractivity contribution in [2.24, 2.45) is 0 Å². The quantitative estimate of drug-likeness (QED) is 0.647. The molecule has 0 saturated carbocycles. The summed E-state index contributed by atoms with van der Waals surface area (Å²) in [4.78, 5) is 26.0. The molecule has 0 bridgehead atoms. The summed E-state index contributed by atoms with van der Waals surface area (Å²) in [5.41, 5.74) is 2.82. The lowest BCUT2D eigenvalue weighted by Crippen LogP contribution is -2.39. The first-order valence-electron chi connectivity index (χ1n) is 9.16. The van der Waals surface area contributed by atoms with Gasteiger partial charge in [-0.05, 0) is 49.2 Å². The van der Waals surface area contributed by atoms with Gasteiger partial charge in [0.15, 0.2) is 0 Å². The second-order valence-corrected chi connectivity index (χ2v) is 7.41. The van der Waals surface area contributed by atoms with Crippen LogP contribution < -0.4 is 10.6 Å². The standard InChI is InChI=1S/C21H25Cl2N3O2/c1-3-15-6-4-5-7-19(15)25-21(28)14-26(2)13-20(27)24-11-10-16-8-9-17(22)12-18(16)23/h4-9,12H,3,10-11,13-14H2,1-2H3,(H,24,27)(H,25,28). The molecule has 0 unspecified atom stereocenters. The number of carbonyl (C=O) groups is 2. The number of halogens is 2. The van der Waals surface area contributed by atoms with Gasteiger partial charge in [0.1, 0.15) is 0 Å². The highest BCUT2D eigenvalue weighted by Crippen LogP contribution is 2.21. The van der Waals surface area contributed by atoms with Crippen molar-refractivity contribution >= 4 is 40.7 Å². The van der Waals surface area contributed by atoms with Crippen LogP contribution in [0.1, 0.15) is 18.1 Å². The number of anilines is 1. The molecule has 0 heterocycles. The fraction of sp³-hybridized carbons (Fsp3) is 0.333. The maximum atomic E-state index is 12.2. The second-order valence-electron chi connectivity index (χ2n) is 6.57. The third-order valence-electron chi connectivity index (χ3n) is 4.23. The number of carbonyl (C=O) groups excluding carboxylic acids is 2. The number of benzene rings is 2. The molecule has 7 heteroatoms. The highest BCUT2D eigenvalue weighted by molar-refractivity contribution is 6.35. The van der Waals surface area contributed by atoms with Crippen molar-refractivity contribution in [3.63, 3.8) is 0 Å². The average molecular weight is 422 g/mol. The summed E-state index contributed by atoms with van der Waals surface area (Å²) >= 11 is 12.0. The van der Waals surface area contributed by atoms with Gasteiger partial charge in [-0.3, -0.25) is 14.5 Å². The fourth-order valence-electron chi connectivity index (χ4n) is 2.80. The molecule has 2 N–H and O–H groups in total. The van der Waals surface area contributed by atoms with Crippen molar-refractivity contribution in [3.8, 4) is 0 Å². The van der Waals surface area contributed by atoms with Crippen LogP contribution in [0.5, 0.6) is 0 Å². The van der Waals surface area contributed by atoms with Crippen LogP contribution in [-0.4, -0.2) is 43.4 Å². The summed E-state index contributed by atoms with van der Waals surface area (Å²) in [6.45, 7) is 2.77. The average Bonchev–Trinajstić information content (AvgIpc) is 2.63. The summed E-state index contributed by atoms with van der Waals surface area (Å²) in [6.07, 6.45) is 1.45. The predicted octanol–water partition coefficient (Wildman–Crippen LogP) is 3.79. The van der Waals surface area contributed by atoms with Crippen molar-refractivity contribution in [3.05, 3.63) is 63.6 Å². The van der Waals surface area contributed by atoms with Gasteiger partial charge in [-0.15, -0.1) is 0 Å². The van der Waals surface area contributed by atoms with Crippen LogP contribution >= 0.6 is 23.2 Å². The number of nitrogens with zero attached hydrogens (tertiary/aromatic N) is 1. The van der Waals surface area contributed by atoms with E-state index in [1.54, 1.807) is 24.1 Å². The van der Waals surface area contributed by atoms with Crippen molar-refractivity contribution < 1.29 is 9.59 Å². The first-order chi connectivity index (χ1) is 13.4. The van der Waals surface area contributed by atoms with Crippen LogP contribution in [0.4, 0.5) is 5.69 Å². The lowest BCUT2D eigenvalue weighted by Gasteiger charge is -2.17. The van der Waals surface area contributed by atoms with Crippen LogP contribution in [0.25, 0.3) is 0 Å². The number of rotatable bonds is 9. The summed E-state index contributed by atoms with van der Waals surface area (Å²) in [5, 5.41) is 6.91. The minimum Gasteiger partial charge on any atom is -0.355 e. The van der Waals surface area contributed by atoms with Gasteiger partial charge in [0.05, 0.1) is 13.1 Å². The first kappa shape index (κ1) is 22.2. The van der Waals surface area contributed by atoms with Gasteiger partial charge in [-0.1, -0.05) is 54.4 Å². The Hall–Kier alpha value is -2.08. The molecular weight excluding hydrogens is 397 g/mol. The molecule has 0 spiro atoms. The van der Waals surface area contributed by atoms with Gasteiger partial charge >= 0.3 is 0 Å². The van der Waals surface area contributed by atoms with Gasteiger partial charge in [0.2, 0.25) is 11.8 Å². The zero-order valence-electron chi connectivity index (χ0n) is 16.1. The van der Waals surface area contributed by atoms with Crippen molar-refractivity contribution in [1.29, 1.82) is 0 Å². The van der Waals surface area contributed by atoms with E-state index in [0.717, 1.165) is 23.2 Å². The van der Waals surface area contributed by atoms with Crippen LogP contribution in [0.2, 0.25) is 10.0 Å². The van der Waals surface area contributed by atoms with Gasteiger partial charge in [0.25, 0.3) is 0 Å². The third kappa shape index (κ3) is 7.15. The van der Waals surface area contributed by atoms with E-state index in [1.807, 2.05) is 37.3 Å². The highest BCUT2D eigenvalue weighted by atomic mass is 35.5. The smallest absolute Gasteiger partial charge is 0.238 e. The topological polar surface area (TPSA) is 61.4 Å². The van der Waals surface area contributed by atoms with Crippen LogP contribution in [0.15, 0.2) is 42.5 Å². The lowest BCUT2D eigenvalue weighted by atomic mass is 10.1. The Kier molecular flexibility index (Phi) is 8.77. The number of aryl methyl sites for hydroxylation is 1. The molecule has 2 aromatic rings. The summed E-state index contributed by atoms with van der Waals surface area (Å²) < 4.78 is 0. The van der Waals surface area contributed by atoms with Crippen LogP contribution in [-0.2, 0) is 22.4 Å². The summed E-state index contributed by atoms with van der Waals surface area (Å²) in [6, 6.07) is 13.0. The van der Waals surface area contributed by atoms with E-state index in [-0.39, 0.29) is 24.9 Å². The zero-order chi connectivity index (χ0) is 20.5. The molecule has 28 heavy (non-hydrogen) atoms. The van der Waals surface area contributed by atoms with E-state index in [4.69, 9.17) is 23.2 Å². The Morgan fingerprint density at radius 1 is 1.00 bits per heavy atom. The van der Waals surface area contributed by atoms with Crippen molar-refractivity contribution in [1.82, 2.24) is 10.2 Å². The number of para-hydroxylation sites is 1. The molecule has 5 nitrogen and oxygen atoms in total. The first-order valence-corrected chi connectivity index (χ1v) is 9.91. The number of hydrogen-bond acceptors (Lipinski definition) is 3. The monoisotopic (exact) mass is 421 g/mol. The molecule has 0 aliphatic rings. The molecule has 2 rings (SSSR count). The van der Waals surface area contributed by atoms with Gasteiger partial charge in [-0.25, -0.2) is 0 Å². The van der Waals surface area contributed by atoms with Crippen LogP contribution in [0.3, 0.4) is 0 Å². The SMILES string of the molecule is CCc1ccccc1NC(=O)CN(C)CC(=O)NCCc1ccc(Cl)cc1Cl. The fourth-order valence-corrected chi connectivity index (χ4v) is 3.31. The summed E-state index contributed by atoms with van der Waals surface area (Å²) in [7, 11) is 1.74. The van der Waals surface area contributed by atoms with E-state index < -0.39 is 0 Å². The maximum absolute atomic E-state index is 12.2. The molecule has 0 atom stereocenters. The molecule has 0 aliphatic heterocycles. The molecule has 0 saturated heterocycles. The number of amides is 2. The van der Waals surface area contributed by atoms with Gasteiger partial charge < -0.3 is 10.6 Å². The van der Waals surface area contributed by atoms with Crippen molar-refractivity contribution in [2.75, 3.05) is 32.0 Å². The molecule has 0 fully saturated rings. The zero-order valence-corrected chi connectivity index (χ0v) is 17.6. The molecule has 2 aromatic carbocycles. The molecule has 0 aliphatic carbocycles. The Morgan fingerprint density at radius 2 is 1.71 bits per heavy atom. The number of hydrogen-bond donors (Lipinski definition) is 2. The third-order valence-corrected chi connectivity index (χ3v) is 4.82. The molecule has 150 valence electrons. The Balaban J connectivity index is 1.73. The Bertz CT molecular complexity index is 827. The van der Waals surface area contributed by atoms with E-state index in [1.165, 1.54) is 0 Å². The molecule has 0 radical (unpaired) electrons. The summed E-state index contributed by atoms with van der Waals surface area (Å²) in [5.74, 6) is -0.293. The van der Waals surface area contributed by atoms with E-state index in [2.05, 4.69) is 10.6 Å². The largest absolute Gasteiger partial charge is 0.355 e. The van der Waals surface area contributed by atoms with E-state index >= 15 is 0 Å². The normalized spacial score (nSPS) is 10.8. The van der Waals surface area contributed by atoms with Crippen LogP contribution in [0, 0.1) is 0 Å². The van der Waals surface area contributed by atoms with Gasteiger partial charge in [-0.2, -0.15) is 0 Å². The molecule has 2 amide bonds. The molecule has 0 aromatic heterocycles. The second kappa shape index (κ2) is 11.1. The number of likely N-dealkylation sites (N-methyl/N-ethyl adjacent to an activating group) is 1. The minimum atomic E-state index is -0.149. The Morgan fingerprint density at radius 3 is 2.43 bits per heavy atom. The van der Waals surface area contributed by atoms with E-state index in [0.29, 0.717) is 23.0 Å². The van der Waals surface area contributed by atoms with Crippen molar-refractivity contribution in [2.45, 2.75) is 19.8 Å². The Labute approximate surface area is 176 Å².